The summed E-state index contributed by atoms with van der Waals surface area (Å²) in [6.45, 7) is 0. The van der Waals surface area contributed by atoms with Gasteiger partial charge in [-0.25, -0.2) is 4.39 Å². The Labute approximate surface area is 121 Å². The van der Waals surface area contributed by atoms with Crippen molar-refractivity contribution in [1.82, 2.24) is 0 Å². The van der Waals surface area contributed by atoms with E-state index in [9.17, 15) is 9.50 Å². The van der Waals surface area contributed by atoms with Crippen LogP contribution in [0.15, 0.2) is 60.7 Å². The molecule has 1 unspecified atom stereocenters. The first-order chi connectivity index (χ1) is 9.65. The van der Waals surface area contributed by atoms with E-state index in [0.717, 1.165) is 10.8 Å². The normalized spacial score (nSPS) is 12.6. The summed E-state index contributed by atoms with van der Waals surface area (Å²) < 4.78 is 13.3. The highest BCUT2D eigenvalue weighted by molar-refractivity contribution is 6.31. The van der Waals surface area contributed by atoms with E-state index in [1.54, 1.807) is 0 Å². The molecule has 3 aromatic rings. The maximum Gasteiger partial charge on any atom is 0.123 e. The van der Waals surface area contributed by atoms with Gasteiger partial charge in [-0.2, -0.15) is 0 Å². The summed E-state index contributed by atoms with van der Waals surface area (Å²) in [6, 6.07) is 17.5. The second kappa shape index (κ2) is 5.23. The molecule has 0 aliphatic heterocycles. The Bertz CT molecular complexity index is 770. The monoisotopic (exact) mass is 286 g/mol. The quantitative estimate of drug-likeness (QED) is 0.723. The lowest BCUT2D eigenvalue weighted by Gasteiger charge is -2.14. The fraction of sp³-hybridized carbons (Fsp3) is 0.0588. The first-order valence-corrected chi connectivity index (χ1v) is 6.64. The molecule has 0 aliphatic carbocycles. The Hall–Kier alpha value is -1.90. The summed E-state index contributed by atoms with van der Waals surface area (Å²) in [6.07, 6.45) is -0.942. The van der Waals surface area contributed by atoms with E-state index in [1.807, 2.05) is 42.5 Å². The van der Waals surface area contributed by atoms with Crippen LogP contribution in [-0.4, -0.2) is 5.11 Å². The van der Waals surface area contributed by atoms with Crippen LogP contribution in [0.1, 0.15) is 17.2 Å². The number of aliphatic hydroxyl groups is 1. The van der Waals surface area contributed by atoms with Crippen molar-refractivity contribution in [2.75, 3.05) is 0 Å². The lowest BCUT2D eigenvalue weighted by molar-refractivity contribution is 0.220. The highest BCUT2D eigenvalue weighted by atomic mass is 35.5. The molecule has 0 fully saturated rings. The van der Waals surface area contributed by atoms with E-state index in [-0.39, 0.29) is 0 Å². The summed E-state index contributed by atoms with van der Waals surface area (Å²) in [5, 5.41) is 12.9. The molecular formula is C17H12ClFO. The lowest BCUT2D eigenvalue weighted by atomic mass is 9.98. The van der Waals surface area contributed by atoms with Gasteiger partial charge in [-0.1, -0.05) is 48.0 Å². The Morgan fingerprint density at radius 1 is 0.900 bits per heavy atom. The molecule has 0 spiro atoms. The molecule has 0 saturated heterocycles. The number of rotatable bonds is 2. The van der Waals surface area contributed by atoms with Gasteiger partial charge in [0.1, 0.15) is 11.9 Å². The van der Waals surface area contributed by atoms with Crippen molar-refractivity contribution in [2.45, 2.75) is 6.10 Å². The van der Waals surface area contributed by atoms with Gasteiger partial charge in [0, 0.05) is 10.6 Å². The number of hydrogen-bond donors (Lipinski definition) is 1. The third-order valence-electron chi connectivity index (χ3n) is 3.34. The highest BCUT2D eigenvalue weighted by Crippen LogP contribution is 2.30. The maximum absolute atomic E-state index is 13.3. The van der Waals surface area contributed by atoms with Crippen LogP contribution in [0.2, 0.25) is 5.02 Å². The number of hydrogen-bond acceptors (Lipinski definition) is 1. The molecule has 100 valence electrons. The molecule has 0 radical (unpaired) electrons. The van der Waals surface area contributed by atoms with Crippen LogP contribution in [0, 0.1) is 5.82 Å². The Balaban J connectivity index is 2.07. The van der Waals surface area contributed by atoms with Gasteiger partial charge in [-0.15, -0.1) is 0 Å². The fourth-order valence-electron chi connectivity index (χ4n) is 2.28. The third-order valence-corrected chi connectivity index (χ3v) is 3.69. The summed E-state index contributed by atoms with van der Waals surface area (Å²) in [5.41, 5.74) is 1.07. The zero-order valence-corrected chi connectivity index (χ0v) is 11.3. The number of halogens is 2. The maximum atomic E-state index is 13.3. The number of fused-ring (bicyclic) bond motifs is 1. The SMILES string of the molecule is OC(c1ccc2ccccc2c1)c1cc(F)ccc1Cl. The average molecular weight is 287 g/mol. The molecule has 0 saturated carbocycles. The molecule has 3 heteroatoms. The van der Waals surface area contributed by atoms with E-state index in [2.05, 4.69) is 0 Å². The van der Waals surface area contributed by atoms with Crippen molar-refractivity contribution in [2.24, 2.45) is 0 Å². The number of aliphatic hydroxyl groups excluding tert-OH is 1. The molecule has 3 aromatic carbocycles. The summed E-state index contributed by atoms with van der Waals surface area (Å²) in [5.74, 6) is -0.413. The zero-order chi connectivity index (χ0) is 14.1. The van der Waals surface area contributed by atoms with E-state index >= 15 is 0 Å². The fourth-order valence-corrected chi connectivity index (χ4v) is 2.50. The predicted octanol–water partition coefficient (Wildman–Crippen LogP) is 4.71. The van der Waals surface area contributed by atoms with Crippen LogP contribution in [0.5, 0.6) is 0 Å². The van der Waals surface area contributed by atoms with Crippen LogP contribution in [0.25, 0.3) is 10.8 Å². The average Bonchev–Trinajstić information content (AvgIpc) is 2.48. The van der Waals surface area contributed by atoms with E-state index < -0.39 is 11.9 Å². The molecule has 0 heterocycles. The summed E-state index contributed by atoms with van der Waals surface area (Å²) >= 11 is 6.03. The number of benzene rings is 3. The van der Waals surface area contributed by atoms with Crippen molar-refractivity contribution in [3.05, 3.63) is 82.6 Å². The molecule has 1 atom stereocenters. The minimum Gasteiger partial charge on any atom is -0.384 e. The zero-order valence-electron chi connectivity index (χ0n) is 10.6. The van der Waals surface area contributed by atoms with Gasteiger partial charge in [0.25, 0.3) is 0 Å². The van der Waals surface area contributed by atoms with Crippen molar-refractivity contribution in [1.29, 1.82) is 0 Å². The van der Waals surface area contributed by atoms with Crippen LogP contribution in [-0.2, 0) is 0 Å². The molecule has 1 N–H and O–H groups in total. The van der Waals surface area contributed by atoms with E-state index in [4.69, 9.17) is 11.6 Å². The molecule has 1 nitrogen and oxygen atoms in total. The van der Waals surface area contributed by atoms with Gasteiger partial charge in [-0.3, -0.25) is 0 Å². The second-order valence-corrected chi connectivity index (χ2v) is 5.08. The van der Waals surface area contributed by atoms with Crippen molar-refractivity contribution in [3.8, 4) is 0 Å². The highest BCUT2D eigenvalue weighted by Gasteiger charge is 2.15. The van der Waals surface area contributed by atoms with Gasteiger partial charge in [0.2, 0.25) is 0 Å². The topological polar surface area (TPSA) is 20.2 Å². The predicted molar refractivity (Wildman–Crippen MR) is 79.4 cm³/mol. The molecule has 0 bridgehead atoms. The molecule has 20 heavy (non-hydrogen) atoms. The smallest absolute Gasteiger partial charge is 0.123 e. The molecular weight excluding hydrogens is 275 g/mol. The van der Waals surface area contributed by atoms with Gasteiger partial charge < -0.3 is 5.11 Å². The standard InChI is InChI=1S/C17H12ClFO/c18-16-8-7-14(19)10-15(16)17(20)13-6-5-11-3-1-2-4-12(11)9-13/h1-10,17,20H. The van der Waals surface area contributed by atoms with Crippen molar-refractivity contribution in [3.63, 3.8) is 0 Å². The van der Waals surface area contributed by atoms with Crippen molar-refractivity contribution < 1.29 is 9.50 Å². The molecule has 0 aliphatic rings. The van der Waals surface area contributed by atoms with E-state index in [0.29, 0.717) is 16.1 Å². The Morgan fingerprint density at radius 3 is 2.45 bits per heavy atom. The van der Waals surface area contributed by atoms with E-state index in [1.165, 1.54) is 18.2 Å². The van der Waals surface area contributed by atoms with Crippen LogP contribution in [0.3, 0.4) is 0 Å². The first-order valence-electron chi connectivity index (χ1n) is 6.27. The van der Waals surface area contributed by atoms with Gasteiger partial charge >= 0.3 is 0 Å². The summed E-state index contributed by atoms with van der Waals surface area (Å²) in [7, 11) is 0. The second-order valence-electron chi connectivity index (χ2n) is 4.67. The van der Waals surface area contributed by atoms with Gasteiger partial charge in [0.15, 0.2) is 0 Å². The minimum absolute atomic E-state index is 0.354. The third kappa shape index (κ3) is 2.40. The summed E-state index contributed by atoms with van der Waals surface area (Å²) in [4.78, 5) is 0. The Kier molecular flexibility index (Phi) is 3.43. The van der Waals surface area contributed by atoms with Crippen LogP contribution < -0.4 is 0 Å². The molecule has 3 rings (SSSR count). The molecule has 0 aromatic heterocycles. The van der Waals surface area contributed by atoms with Crippen LogP contribution in [0.4, 0.5) is 4.39 Å². The van der Waals surface area contributed by atoms with Crippen LogP contribution >= 0.6 is 11.6 Å². The molecule has 0 amide bonds. The first kappa shape index (κ1) is 13.1. The largest absolute Gasteiger partial charge is 0.384 e. The van der Waals surface area contributed by atoms with Gasteiger partial charge in [-0.05, 0) is 40.6 Å². The minimum atomic E-state index is -0.942. The van der Waals surface area contributed by atoms with Gasteiger partial charge in [0.05, 0.1) is 0 Å². The lowest BCUT2D eigenvalue weighted by Crippen LogP contribution is -2.01. The Morgan fingerprint density at radius 2 is 1.65 bits per heavy atom. The van der Waals surface area contributed by atoms with Crippen molar-refractivity contribution >= 4 is 22.4 Å².